The van der Waals surface area contributed by atoms with E-state index in [0.29, 0.717) is 0 Å². The standard InChI is InChI=1S/C8H16O5/c1-4-6(10)7(11)8(12-2)5(3-9)13-4/h4-11H,3H2,1-2H3/t4-,5?,6+,7?,8+/m0/s1. The van der Waals surface area contributed by atoms with Gasteiger partial charge in [-0.05, 0) is 6.92 Å². The number of hydrogen-bond donors (Lipinski definition) is 3. The summed E-state index contributed by atoms with van der Waals surface area (Å²) in [5, 5.41) is 27.9. The van der Waals surface area contributed by atoms with E-state index in [-0.39, 0.29) is 6.61 Å². The van der Waals surface area contributed by atoms with E-state index in [1.54, 1.807) is 6.92 Å². The Morgan fingerprint density at radius 3 is 2.38 bits per heavy atom. The molecule has 1 heterocycles. The molecule has 13 heavy (non-hydrogen) atoms. The van der Waals surface area contributed by atoms with Crippen molar-refractivity contribution in [2.45, 2.75) is 37.4 Å². The monoisotopic (exact) mass is 192 g/mol. The van der Waals surface area contributed by atoms with Crippen LogP contribution in [0.2, 0.25) is 0 Å². The summed E-state index contributed by atoms with van der Waals surface area (Å²) in [7, 11) is 1.41. The first kappa shape index (κ1) is 10.9. The molecule has 1 rings (SSSR count). The molecule has 0 radical (unpaired) electrons. The number of methoxy groups -OCH3 is 1. The van der Waals surface area contributed by atoms with E-state index in [1.807, 2.05) is 0 Å². The Morgan fingerprint density at radius 1 is 1.31 bits per heavy atom. The first-order chi connectivity index (χ1) is 6.11. The van der Waals surface area contributed by atoms with E-state index in [1.165, 1.54) is 7.11 Å². The van der Waals surface area contributed by atoms with Gasteiger partial charge < -0.3 is 24.8 Å². The Morgan fingerprint density at radius 2 is 1.92 bits per heavy atom. The number of ether oxygens (including phenoxy) is 2. The second-order valence-electron chi connectivity index (χ2n) is 3.24. The molecule has 0 aromatic heterocycles. The van der Waals surface area contributed by atoms with E-state index < -0.39 is 30.5 Å². The molecule has 0 saturated carbocycles. The second-order valence-corrected chi connectivity index (χ2v) is 3.24. The van der Waals surface area contributed by atoms with Crippen molar-refractivity contribution < 1.29 is 24.8 Å². The molecule has 0 spiro atoms. The Kier molecular flexibility index (Phi) is 3.63. The summed E-state index contributed by atoms with van der Waals surface area (Å²) >= 11 is 0. The highest BCUT2D eigenvalue weighted by Gasteiger charge is 2.42. The lowest BCUT2D eigenvalue weighted by Crippen LogP contribution is -2.58. The maximum absolute atomic E-state index is 9.54. The molecular formula is C8H16O5. The number of hydrogen-bond acceptors (Lipinski definition) is 5. The first-order valence-corrected chi connectivity index (χ1v) is 4.27. The van der Waals surface area contributed by atoms with Crippen LogP contribution in [0.4, 0.5) is 0 Å². The Labute approximate surface area is 76.9 Å². The maximum Gasteiger partial charge on any atom is 0.114 e. The SMILES string of the molecule is CO[C@@H]1C(CO)O[C@@H](C)[C@@H](O)C1O. The predicted octanol–water partition coefficient (Wildman–Crippen LogP) is -1.50. The van der Waals surface area contributed by atoms with Gasteiger partial charge in [-0.1, -0.05) is 0 Å². The number of aliphatic hydroxyl groups excluding tert-OH is 3. The topological polar surface area (TPSA) is 79.2 Å². The van der Waals surface area contributed by atoms with Crippen LogP contribution in [0, 0.1) is 0 Å². The lowest BCUT2D eigenvalue weighted by Gasteiger charge is -2.40. The fourth-order valence-corrected chi connectivity index (χ4v) is 1.56. The van der Waals surface area contributed by atoms with Crippen LogP contribution in [0.5, 0.6) is 0 Å². The molecule has 2 unspecified atom stereocenters. The largest absolute Gasteiger partial charge is 0.394 e. The van der Waals surface area contributed by atoms with Crippen molar-refractivity contribution in [3.05, 3.63) is 0 Å². The third-order valence-electron chi connectivity index (χ3n) is 2.38. The average Bonchev–Trinajstić information content (AvgIpc) is 2.13. The quantitative estimate of drug-likeness (QED) is 0.496. The van der Waals surface area contributed by atoms with Gasteiger partial charge in [0.15, 0.2) is 0 Å². The van der Waals surface area contributed by atoms with Crippen molar-refractivity contribution in [2.24, 2.45) is 0 Å². The smallest absolute Gasteiger partial charge is 0.114 e. The molecule has 1 aliphatic rings. The van der Waals surface area contributed by atoms with Crippen molar-refractivity contribution in [3.63, 3.8) is 0 Å². The summed E-state index contributed by atoms with van der Waals surface area (Å²) in [5.74, 6) is 0. The van der Waals surface area contributed by atoms with Gasteiger partial charge in [0.1, 0.15) is 24.4 Å². The van der Waals surface area contributed by atoms with Gasteiger partial charge in [0.25, 0.3) is 0 Å². The zero-order valence-electron chi connectivity index (χ0n) is 7.75. The van der Waals surface area contributed by atoms with Crippen LogP contribution in [0.1, 0.15) is 6.92 Å². The number of aliphatic hydroxyl groups is 3. The van der Waals surface area contributed by atoms with E-state index >= 15 is 0 Å². The minimum atomic E-state index is -1.01. The summed E-state index contributed by atoms with van der Waals surface area (Å²) in [4.78, 5) is 0. The second kappa shape index (κ2) is 4.34. The van der Waals surface area contributed by atoms with Gasteiger partial charge in [-0.25, -0.2) is 0 Å². The summed E-state index contributed by atoms with van der Waals surface area (Å²) in [6.07, 6.45) is -3.70. The van der Waals surface area contributed by atoms with Crippen LogP contribution >= 0.6 is 0 Å². The third kappa shape index (κ3) is 2.00. The molecule has 0 aromatic carbocycles. The van der Waals surface area contributed by atoms with Gasteiger partial charge >= 0.3 is 0 Å². The highest BCUT2D eigenvalue weighted by Crippen LogP contribution is 2.22. The van der Waals surface area contributed by atoms with Gasteiger partial charge in [0.05, 0.1) is 12.7 Å². The Balaban J connectivity index is 2.69. The van der Waals surface area contributed by atoms with Crippen LogP contribution in [0.15, 0.2) is 0 Å². The zero-order valence-corrected chi connectivity index (χ0v) is 7.75. The molecule has 0 bridgehead atoms. The van der Waals surface area contributed by atoms with Crippen molar-refractivity contribution in [1.29, 1.82) is 0 Å². The van der Waals surface area contributed by atoms with E-state index in [0.717, 1.165) is 0 Å². The highest BCUT2D eigenvalue weighted by molar-refractivity contribution is 4.91. The summed E-state index contributed by atoms with van der Waals surface area (Å²) < 4.78 is 10.2. The molecule has 3 N–H and O–H groups in total. The van der Waals surface area contributed by atoms with E-state index in [4.69, 9.17) is 14.6 Å². The molecule has 0 aliphatic carbocycles. The zero-order chi connectivity index (χ0) is 10.0. The van der Waals surface area contributed by atoms with Crippen molar-refractivity contribution >= 4 is 0 Å². The van der Waals surface area contributed by atoms with E-state index in [9.17, 15) is 10.2 Å². The van der Waals surface area contributed by atoms with Crippen LogP contribution in [0.25, 0.3) is 0 Å². The molecule has 5 heteroatoms. The molecule has 1 aliphatic heterocycles. The molecule has 1 fully saturated rings. The van der Waals surface area contributed by atoms with Gasteiger partial charge in [-0.15, -0.1) is 0 Å². The molecule has 5 nitrogen and oxygen atoms in total. The molecule has 5 atom stereocenters. The summed E-state index contributed by atoms with van der Waals surface area (Å²) in [6, 6.07) is 0. The van der Waals surface area contributed by atoms with Gasteiger partial charge in [-0.2, -0.15) is 0 Å². The van der Waals surface area contributed by atoms with E-state index in [2.05, 4.69) is 0 Å². The first-order valence-electron chi connectivity index (χ1n) is 4.27. The van der Waals surface area contributed by atoms with Crippen molar-refractivity contribution in [1.82, 2.24) is 0 Å². The lowest BCUT2D eigenvalue weighted by atomic mass is 9.96. The minimum absolute atomic E-state index is 0.230. The van der Waals surface area contributed by atoms with Gasteiger partial charge in [-0.3, -0.25) is 0 Å². The van der Waals surface area contributed by atoms with Gasteiger partial charge in [0.2, 0.25) is 0 Å². The molecule has 0 amide bonds. The molecule has 0 aromatic rings. The van der Waals surface area contributed by atoms with Crippen LogP contribution in [-0.2, 0) is 9.47 Å². The fraction of sp³-hybridized carbons (Fsp3) is 1.00. The highest BCUT2D eigenvalue weighted by atomic mass is 16.6. The fourth-order valence-electron chi connectivity index (χ4n) is 1.56. The lowest BCUT2D eigenvalue weighted by molar-refractivity contribution is -0.231. The average molecular weight is 192 g/mol. The predicted molar refractivity (Wildman–Crippen MR) is 44.2 cm³/mol. The van der Waals surface area contributed by atoms with Crippen LogP contribution < -0.4 is 0 Å². The van der Waals surface area contributed by atoms with Crippen LogP contribution in [-0.4, -0.2) is 59.6 Å². The van der Waals surface area contributed by atoms with Crippen LogP contribution in [0.3, 0.4) is 0 Å². The summed E-state index contributed by atoms with van der Waals surface area (Å²) in [5.41, 5.74) is 0. The third-order valence-corrected chi connectivity index (χ3v) is 2.38. The molecular weight excluding hydrogens is 176 g/mol. The summed E-state index contributed by atoms with van der Waals surface area (Å²) in [6.45, 7) is 1.41. The maximum atomic E-state index is 9.54. The Bertz CT molecular complexity index is 161. The normalized spacial score (nSPS) is 46.4. The molecule has 1 saturated heterocycles. The van der Waals surface area contributed by atoms with Crippen molar-refractivity contribution in [2.75, 3.05) is 13.7 Å². The minimum Gasteiger partial charge on any atom is -0.394 e. The Hall–Kier alpha value is -0.200. The van der Waals surface area contributed by atoms with Gasteiger partial charge in [0, 0.05) is 7.11 Å². The number of rotatable bonds is 2. The van der Waals surface area contributed by atoms with Crippen molar-refractivity contribution in [3.8, 4) is 0 Å². The molecule has 78 valence electrons.